The molecule has 0 radical (unpaired) electrons. The number of thiophene rings is 1. The molecule has 0 saturated heterocycles. The van der Waals surface area contributed by atoms with Crippen LogP contribution >= 0.6 is 23.1 Å². The Morgan fingerprint density at radius 2 is 2.19 bits per heavy atom. The minimum absolute atomic E-state index is 0.178. The lowest BCUT2D eigenvalue weighted by molar-refractivity contribution is -0.115. The third-order valence-corrected chi connectivity index (χ3v) is 5.75. The van der Waals surface area contributed by atoms with Crippen molar-refractivity contribution in [1.82, 2.24) is 30.2 Å². The number of benzene rings is 1. The summed E-state index contributed by atoms with van der Waals surface area (Å²) < 4.78 is 1.68. The highest BCUT2D eigenvalue weighted by Crippen LogP contribution is 2.23. The van der Waals surface area contributed by atoms with Crippen LogP contribution < -0.4 is 11.0 Å². The fraction of sp³-hybridized carbons (Fsp3) is 0.188. The Morgan fingerprint density at radius 3 is 3.00 bits per heavy atom. The lowest BCUT2D eigenvalue weighted by Crippen LogP contribution is -2.23. The van der Waals surface area contributed by atoms with E-state index in [1.54, 1.807) is 41.1 Å². The molecule has 0 spiro atoms. The van der Waals surface area contributed by atoms with Crippen molar-refractivity contribution < 1.29 is 4.79 Å². The maximum absolute atomic E-state index is 12.5. The van der Waals surface area contributed by atoms with E-state index in [0.717, 1.165) is 4.88 Å². The zero-order valence-electron chi connectivity index (χ0n) is 14.2. The number of aromatic nitrogens is 6. The number of amides is 1. The van der Waals surface area contributed by atoms with Crippen LogP contribution in [-0.4, -0.2) is 41.3 Å². The van der Waals surface area contributed by atoms with Crippen molar-refractivity contribution in [3.8, 4) is 0 Å². The largest absolute Gasteiger partial charge is 0.325 e. The van der Waals surface area contributed by atoms with Crippen LogP contribution in [0.1, 0.15) is 11.8 Å². The smallest absolute Gasteiger partial charge is 0.323 e. The standard InChI is InChI=1S/C16H15N7O2S2/c1-9(27-16-20-21-22-23(16)8-11-3-2-6-26-11)14(24)17-10-4-5-12-13(7-10)19-15(25)18-12/h2-7,9H,8H2,1H3,(H,17,24)(H2,18,19,25)/t9-/m0/s1. The molecule has 0 unspecified atom stereocenters. The summed E-state index contributed by atoms with van der Waals surface area (Å²) in [5, 5.41) is 16.7. The zero-order chi connectivity index (χ0) is 18.8. The van der Waals surface area contributed by atoms with Gasteiger partial charge in [0, 0.05) is 10.6 Å². The SMILES string of the molecule is C[C@H](Sc1nnnn1Cc1cccs1)C(=O)Nc1ccc2[nH]c(=O)[nH]c2c1. The van der Waals surface area contributed by atoms with Crippen LogP contribution in [0.3, 0.4) is 0 Å². The number of rotatable bonds is 6. The predicted molar refractivity (Wildman–Crippen MR) is 104 cm³/mol. The van der Waals surface area contributed by atoms with Gasteiger partial charge in [0.15, 0.2) is 0 Å². The molecule has 0 aliphatic carbocycles. The molecule has 4 aromatic rings. The Balaban J connectivity index is 1.43. The van der Waals surface area contributed by atoms with Gasteiger partial charge in [0.1, 0.15) is 0 Å². The Bertz CT molecular complexity index is 1130. The highest BCUT2D eigenvalue weighted by atomic mass is 32.2. The van der Waals surface area contributed by atoms with Crippen molar-refractivity contribution in [3.05, 3.63) is 51.1 Å². The van der Waals surface area contributed by atoms with Crippen LogP contribution in [0.15, 0.2) is 45.7 Å². The van der Waals surface area contributed by atoms with E-state index in [1.165, 1.54) is 11.8 Å². The van der Waals surface area contributed by atoms with E-state index in [1.807, 2.05) is 17.5 Å². The highest BCUT2D eigenvalue weighted by Gasteiger charge is 2.19. The quantitative estimate of drug-likeness (QED) is 0.425. The number of H-pyrrole nitrogens is 2. The number of aromatic amines is 2. The topological polar surface area (TPSA) is 121 Å². The van der Waals surface area contributed by atoms with Gasteiger partial charge in [0.05, 0.1) is 22.8 Å². The van der Waals surface area contributed by atoms with E-state index < -0.39 is 5.25 Å². The van der Waals surface area contributed by atoms with E-state index >= 15 is 0 Å². The summed E-state index contributed by atoms with van der Waals surface area (Å²) in [5.74, 6) is -0.178. The van der Waals surface area contributed by atoms with Gasteiger partial charge in [-0.1, -0.05) is 17.8 Å². The maximum atomic E-state index is 12.5. The molecule has 0 fully saturated rings. The molecule has 11 heteroatoms. The number of fused-ring (bicyclic) bond motifs is 1. The van der Waals surface area contributed by atoms with E-state index in [0.29, 0.717) is 28.4 Å². The molecule has 9 nitrogen and oxygen atoms in total. The van der Waals surface area contributed by atoms with E-state index in [4.69, 9.17) is 0 Å². The van der Waals surface area contributed by atoms with Crippen molar-refractivity contribution >= 4 is 45.7 Å². The molecule has 3 aromatic heterocycles. The zero-order valence-corrected chi connectivity index (χ0v) is 15.8. The number of hydrogen-bond acceptors (Lipinski definition) is 7. The summed E-state index contributed by atoms with van der Waals surface area (Å²) in [6.07, 6.45) is 0. The molecular formula is C16H15N7O2S2. The molecule has 0 bridgehead atoms. The summed E-state index contributed by atoms with van der Waals surface area (Å²) >= 11 is 2.92. The monoisotopic (exact) mass is 401 g/mol. The van der Waals surface area contributed by atoms with Gasteiger partial charge in [-0.15, -0.1) is 16.4 Å². The molecule has 0 aliphatic heterocycles. The normalized spacial score (nSPS) is 12.3. The Kier molecular flexibility index (Phi) is 4.77. The third-order valence-electron chi connectivity index (χ3n) is 3.82. The number of carbonyl (C=O) groups is 1. The second-order valence-corrected chi connectivity index (χ2v) is 8.13. The molecule has 1 atom stereocenters. The van der Waals surface area contributed by atoms with Crippen molar-refractivity contribution in [3.63, 3.8) is 0 Å². The lowest BCUT2D eigenvalue weighted by Gasteiger charge is -2.11. The molecule has 4 rings (SSSR count). The number of anilines is 1. The maximum Gasteiger partial charge on any atom is 0.323 e. The van der Waals surface area contributed by atoms with Crippen LogP contribution in [0.4, 0.5) is 5.69 Å². The van der Waals surface area contributed by atoms with Crippen molar-refractivity contribution in [2.45, 2.75) is 23.9 Å². The lowest BCUT2D eigenvalue weighted by atomic mass is 10.2. The van der Waals surface area contributed by atoms with E-state index in [9.17, 15) is 9.59 Å². The number of carbonyl (C=O) groups excluding carboxylic acids is 1. The van der Waals surface area contributed by atoms with Crippen LogP contribution in [0, 0.1) is 0 Å². The molecule has 138 valence electrons. The van der Waals surface area contributed by atoms with Gasteiger partial charge in [-0.3, -0.25) is 4.79 Å². The fourth-order valence-corrected chi connectivity index (χ4v) is 3.97. The van der Waals surface area contributed by atoms with Crippen LogP contribution in [0.25, 0.3) is 11.0 Å². The van der Waals surface area contributed by atoms with E-state index in [-0.39, 0.29) is 11.6 Å². The molecule has 3 heterocycles. The first-order chi connectivity index (χ1) is 13.1. The second-order valence-electron chi connectivity index (χ2n) is 5.79. The third kappa shape index (κ3) is 3.93. The van der Waals surface area contributed by atoms with Gasteiger partial charge in [-0.2, -0.15) is 0 Å². The van der Waals surface area contributed by atoms with Crippen molar-refractivity contribution in [2.24, 2.45) is 0 Å². The van der Waals surface area contributed by atoms with Crippen molar-refractivity contribution in [2.75, 3.05) is 5.32 Å². The van der Waals surface area contributed by atoms with Crippen LogP contribution in [0.5, 0.6) is 0 Å². The van der Waals surface area contributed by atoms with Gasteiger partial charge in [0.2, 0.25) is 11.1 Å². The number of tetrazole rings is 1. The van der Waals surface area contributed by atoms with Crippen LogP contribution in [0.2, 0.25) is 0 Å². The van der Waals surface area contributed by atoms with Gasteiger partial charge in [-0.05, 0) is 47.0 Å². The van der Waals surface area contributed by atoms with Gasteiger partial charge in [-0.25, -0.2) is 9.48 Å². The molecular weight excluding hydrogens is 386 g/mol. The number of thioether (sulfide) groups is 1. The highest BCUT2D eigenvalue weighted by molar-refractivity contribution is 8.00. The number of hydrogen-bond donors (Lipinski definition) is 3. The first-order valence-corrected chi connectivity index (χ1v) is 9.82. The predicted octanol–water partition coefficient (Wildman–Crippen LogP) is 2.07. The molecule has 1 amide bonds. The summed E-state index contributed by atoms with van der Waals surface area (Å²) in [6.45, 7) is 2.36. The number of nitrogens with one attached hydrogen (secondary N) is 3. The Hall–Kier alpha value is -2.92. The van der Waals surface area contributed by atoms with E-state index in [2.05, 4.69) is 30.8 Å². The molecule has 0 saturated carbocycles. The minimum atomic E-state index is -0.404. The summed E-state index contributed by atoms with van der Waals surface area (Å²) in [5.41, 5.74) is 1.65. The summed E-state index contributed by atoms with van der Waals surface area (Å²) in [7, 11) is 0. The fourth-order valence-electron chi connectivity index (χ4n) is 2.50. The first-order valence-electron chi connectivity index (χ1n) is 8.06. The molecule has 0 aliphatic rings. The summed E-state index contributed by atoms with van der Waals surface area (Å²) in [6, 6.07) is 9.17. The second kappa shape index (κ2) is 7.37. The number of nitrogens with zero attached hydrogens (tertiary/aromatic N) is 4. The van der Waals surface area contributed by atoms with Crippen molar-refractivity contribution in [1.29, 1.82) is 0 Å². The number of imidazole rings is 1. The van der Waals surface area contributed by atoms with Gasteiger partial charge in [0.25, 0.3) is 0 Å². The Labute approximate surface area is 161 Å². The van der Waals surface area contributed by atoms with Gasteiger partial charge < -0.3 is 15.3 Å². The average molecular weight is 401 g/mol. The van der Waals surface area contributed by atoms with Gasteiger partial charge >= 0.3 is 5.69 Å². The van der Waals surface area contributed by atoms with Crippen LogP contribution in [-0.2, 0) is 11.3 Å². The molecule has 27 heavy (non-hydrogen) atoms. The average Bonchev–Trinajstić information content (AvgIpc) is 3.36. The first kappa shape index (κ1) is 17.5. The Morgan fingerprint density at radius 1 is 1.33 bits per heavy atom. The molecule has 3 N–H and O–H groups in total. The summed E-state index contributed by atoms with van der Waals surface area (Å²) in [4.78, 5) is 30.3. The molecule has 1 aromatic carbocycles. The minimum Gasteiger partial charge on any atom is -0.325 e.